The molecule has 0 aromatic heterocycles. The van der Waals surface area contributed by atoms with E-state index in [9.17, 15) is 14.4 Å². The van der Waals surface area contributed by atoms with Crippen molar-refractivity contribution in [3.8, 4) is 0 Å². The summed E-state index contributed by atoms with van der Waals surface area (Å²) < 4.78 is 74.7. The van der Waals surface area contributed by atoms with Crippen LogP contribution in [0.2, 0.25) is 0 Å². The Kier molecular flexibility index (Phi) is 10.8. The molecule has 0 saturated heterocycles. The Bertz CT molecular complexity index is 924. The highest BCUT2D eigenvalue weighted by molar-refractivity contribution is 5.94. The summed E-state index contributed by atoms with van der Waals surface area (Å²) in [7, 11) is 0. The lowest BCUT2D eigenvalue weighted by Crippen LogP contribution is -2.33. The molecule has 0 saturated carbocycles. The Balaban J connectivity index is 4.13. The number of hydrogen-bond donors (Lipinski definition) is 0. The van der Waals surface area contributed by atoms with Crippen LogP contribution in [0.1, 0.15) is 70.0 Å². The monoisotopic (exact) mass is 521 g/mol. The number of esters is 3. The minimum Gasteiger partial charge on any atom is -0.462 e. The molecule has 0 amide bonds. The second-order valence-electron chi connectivity index (χ2n) is 7.99. The predicted octanol–water partition coefficient (Wildman–Crippen LogP) is 5.29. The number of hydrogen-bond acceptors (Lipinski definition) is 8. The van der Waals surface area contributed by atoms with E-state index in [4.69, 9.17) is 4.74 Å². The van der Waals surface area contributed by atoms with E-state index in [0.29, 0.717) is 12.1 Å². The lowest BCUT2D eigenvalue weighted by Gasteiger charge is -2.27. The van der Waals surface area contributed by atoms with Gasteiger partial charge in [0.15, 0.2) is 0 Å². The molecule has 0 bridgehead atoms. The zero-order chi connectivity index (χ0) is 27.8. The molecule has 0 fully saturated rings. The van der Waals surface area contributed by atoms with E-state index in [0.717, 1.165) is 0 Å². The lowest BCUT2D eigenvalue weighted by atomic mass is 9.94. The molecule has 1 aromatic carbocycles. The van der Waals surface area contributed by atoms with E-state index in [1.54, 1.807) is 27.7 Å². The quantitative estimate of drug-likeness (QED) is 0.121. The molecule has 9 nitrogen and oxygen atoms in total. The Morgan fingerprint density at radius 3 is 1.53 bits per heavy atom. The van der Waals surface area contributed by atoms with Crippen molar-refractivity contribution < 1.29 is 46.2 Å². The molecule has 0 atom stereocenters. The maximum atomic E-state index is 15.3. The highest BCUT2D eigenvalue weighted by Crippen LogP contribution is 2.45. The molecule has 0 unspecified atom stereocenters. The first-order chi connectivity index (χ1) is 16.7. The number of benzene rings is 1. The van der Waals surface area contributed by atoms with Gasteiger partial charge >= 0.3 is 29.8 Å². The summed E-state index contributed by atoms with van der Waals surface area (Å²) in [6.07, 6.45) is 0. The molecule has 1 aromatic rings. The summed E-state index contributed by atoms with van der Waals surface area (Å²) in [5, 5.41) is 8.80. The maximum absolute atomic E-state index is 15.3. The van der Waals surface area contributed by atoms with Crippen molar-refractivity contribution in [3.05, 3.63) is 28.8 Å². The van der Waals surface area contributed by atoms with Gasteiger partial charge in [-0.25, -0.2) is 14.4 Å². The lowest BCUT2D eigenvalue weighted by molar-refractivity contribution is -0.173. The third-order valence-corrected chi connectivity index (χ3v) is 4.67. The largest absolute Gasteiger partial charge is 0.462 e. The van der Waals surface area contributed by atoms with Gasteiger partial charge in [0.05, 0.1) is 36.5 Å². The number of nitrogens with zero attached hydrogens (tertiary/aromatic N) is 3. The highest BCUT2D eigenvalue weighted by atomic mass is 19.3. The van der Waals surface area contributed by atoms with Crippen LogP contribution in [0.3, 0.4) is 0 Å². The number of carbonyl (C=O) groups is 3. The minimum absolute atomic E-state index is 0.203. The van der Waals surface area contributed by atoms with Crippen LogP contribution in [0.5, 0.6) is 0 Å². The fourth-order valence-electron chi connectivity index (χ4n) is 3.12. The van der Waals surface area contributed by atoms with Crippen molar-refractivity contribution in [3.63, 3.8) is 0 Å². The summed E-state index contributed by atoms with van der Waals surface area (Å²) in [5.74, 6) is -14.5. The first-order valence-electron chi connectivity index (χ1n) is 11.3. The topological polar surface area (TPSA) is 107 Å². The van der Waals surface area contributed by atoms with Crippen molar-refractivity contribution in [1.82, 2.24) is 5.01 Å². The van der Waals surface area contributed by atoms with Crippen LogP contribution in [0.15, 0.2) is 22.5 Å². The molecule has 202 valence electrons. The predicted molar refractivity (Wildman–Crippen MR) is 120 cm³/mol. The highest BCUT2D eigenvalue weighted by Gasteiger charge is 2.51. The Morgan fingerprint density at radius 2 is 1.19 bits per heavy atom. The fourth-order valence-corrected chi connectivity index (χ4v) is 3.12. The van der Waals surface area contributed by atoms with E-state index in [1.807, 2.05) is 0 Å². The van der Waals surface area contributed by atoms with Crippen LogP contribution in [0.4, 0.5) is 23.2 Å². The van der Waals surface area contributed by atoms with E-state index in [-0.39, 0.29) is 18.7 Å². The SMILES string of the molecule is CCOC(=O)c1cc(C(F)(F)C(=O)OCC)c(N=NN(C(C)C)C(C)C)c(C(F)(F)C(=O)OCC)c1. The van der Waals surface area contributed by atoms with Gasteiger partial charge in [0.25, 0.3) is 0 Å². The number of ether oxygens (including phenoxy) is 3. The van der Waals surface area contributed by atoms with E-state index >= 15 is 17.6 Å². The van der Waals surface area contributed by atoms with Gasteiger partial charge in [0, 0.05) is 12.1 Å². The standard InChI is InChI=1S/C23H31F4N3O6/c1-8-34-19(31)15-11-16(22(24,25)20(32)35-9-2)18(28-29-30(13(4)5)14(6)7)17(12-15)23(26,27)21(33)36-10-3/h11-14H,8-10H2,1-7H3. The number of carbonyl (C=O) groups excluding carboxylic acids is 3. The molecule has 0 spiro atoms. The van der Waals surface area contributed by atoms with Crippen molar-refractivity contribution in [2.45, 2.75) is 72.4 Å². The second kappa shape index (κ2) is 12.6. The van der Waals surface area contributed by atoms with Gasteiger partial charge in [-0.05, 0) is 60.6 Å². The van der Waals surface area contributed by atoms with E-state index < -0.39 is 65.3 Å². The molecular formula is C23H31F4N3O6. The Labute approximate surface area is 206 Å². The zero-order valence-electron chi connectivity index (χ0n) is 21.2. The molecule has 0 aliphatic carbocycles. The van der Waals surface area contributed by atoms with Crippen LogP contribution in [0.25, 0.3) is 0 Å². The van der Waals surface area contributed by atoms with Crippen molar-refractivity contribution in [1.29, 1.82) is 0 Å². The molecule has 13 heteroatoms. The zero-order valence-corrected chi connectivity index (χ0v) is 21.2. The molecule has 0 heterocycles. The van der Waals surface area contributed by atoms with Gasteiger partial charge in [0.2, 0.25) is 0 Å². The van der Waals surface area contributed by atoms with E-state index in [2.05, 4.69) is 19.8 Å². The van der Waals surface area contributed by atoms with Gasteiger partial charge in [-0.1, -0.05) is 5.22 Å². The first kappa shape index (κ1) is 30.8. The third-order valence-electron chi connectivity index (χ3n) is 4.67. The number of halogens is 4. The minimum atomic E-state index is -4.55. The molecule has 0 aliphatic heterocycles. The van der Waals surface area contributed by atoms with Crippen LogP contribution >= 0.6 is 0 Å². The normalized spacial score (nSPS) is 12.2. The summed E-state index contributed by atoms with van der Waals surface area (Å²) in [5.41, 5.74) is -4.79. The third kappa shape index (κ3) is 6.91. The molecule has 0 aliphatic rings. The Morgan fingerprint density at radius 1 is 0.806 bits per heavy atom. The van der Waals surface area contributed by atoms with Crippen molar-refractivity contribution >= 4 is 23.6 Å². The molecule has 1 rings (SSSR count). The summed E-state index contributed by atoms with van der Waals surface area (Å²) in [6.45, 7) is 9.67. The molecule has 0 N–H and O–H groups in total. The van der Waals surface area contributed by atoms with Gasteiger partial charge in [-0.3, -0.25) is 5.01 Å². The van der Waals surface area contributed by atoms with Gasteiger partial charge < -0.3 is 14.2 Å². The molecule has 36 heavy (non-hydrogen) atoms. The average Bonchev–Trinajstić information content (AvgIpc) is 2.78. The van der Waals surface area contributed by atoms with Crippen LogP contribution < -0.4 is 0 Å². The molecular weight excluding hydrogens is 490 g/mol. The maximum Gasteiger partial charge on any atom is 0.382 e. The average molecular weight is 522 g/mol. The summed E-state index contributed by atoms with van der Waals surface area (Å²) in [4.78, 5) is 36.6. The fraction of sp³-hybridized carbons (Fsp3) is 0.609. The van der Waals surface area contributed by atoms with Crippen LogP contribution in [-0.4, -0.2) is 54.8 Å². The molecule has 0 radical (unpaired) electrons. The summed E-state index contributed by atoms with van der Waals surface area (Å²) in [6, 6.07) is 0.331. The van der Waals surface area contributed by atoms with E-state index in [1.165, 1.54) is 25.8 Å². The van der Waals surface area contributed by atoms with Crippen LogP contribution in [0, 0.1) is 0 Å². The Hall–Kier alpha value is -3.25. The van der Waals surface area contributed by atoms with Crippen LogP contribution in [-0.2, 0) is 35.6 Å². The van der Waals surface area contributed by atoms with Gasteiger partial charge in [0.1, 0.15) is 5.69 Å². The summed E-state index contributed by atoms with van der Waals surface area (Å²) >= 11 is 0. The van der Waals surface area contributed by atoms with Gasteiger partial charge in [-0.2, -0.15) is 17.6 Å². The first-order valence-corrected chi connectivity index (χ1v) is 11.3. The van der Waals surface area contributed by atoms with Crippen molar-refractivity contribution in [2.24, 2.45) is 10.3 Å². The van der Waals surface area contributed by atoms with Crippen molar-refractivity contribution in [2.75, 3.05) is 19.8 Å². The smallest absolute Gasteiger partial charge is 0.382 e. The van der Waals surface area contributed by atoms with Gasteiger partial charge in [-0.15, -0.1) is 5.11 Å². The number of rotatable bonds is 12. The second-order valence-corrected chi connectivity index (χ2v) is 7.99. The number of alkyl halides is 4.